The van der Waals surface area contributed by atoms with Gasteiger partial charge in [-0.3, -0.25) is 4.79 Å². The molecule has 0 radical (unpaired) electrons. The van der Waals surface area contributed by atoms with Gasteiger partial charge in [-0.25, -0.2) is 0 Å². The van der Waals surface area contributed by atoms with E-state index in [9.17, 15) is 4.79 Å². The topological polar surface area (TPSA) is 17.1 Å². The Hall–Kier alpha value is -1.03. The summed E-state index contributed by atoms with van der Waals surface area (Å²) in [6.07, 6.45) is 2.26. The molecule has 0 aliphatic heterocycles. The Labute approximate surface area is 49.4 Å². The standard InChI is InChI=1S/C7H8O/c1-3-4-5-6-7(2)8/h3H,1,4H2,2H3. The second-order valence-corrected chi connectivity index (χ2v) is 1.35. The Morgan fingerprint density at radius 3 is 2.88 bits per heavy atom. The van der Waals surface area contributed by atoms with Gasteiger partial charge in [0.05, 0.1) is 0 Å². The van der Waals surface area contributed by atoms with Crippen molar-refractivity contribution in [2.45, 2.75) is 13.3 Å². The summed E-state index contributed by atoms with van der Waals surface area (Å²) < 4.78 is 0. The molecule has 0 aromatic heterocycles. The highest BCUT2D eigenvalue weighted by Crippen LogP contribution is 1.72. The molecule has 0 aliphatic carbocycles. The second-order valence-electron chi connectivity index (χ2n) is 1.35. The summed E-state index contributed by atoms with van der Waals surface area (Å²) in [6.45, 7) is 4.88. The Bertz CT molecular complexity index is 146. The molecule has 0 N–H and O–H groups in total. The van der Waals surface area contributed by atoms with Crippen LogP contribution < -0.4 is 0 Å². The first-order valence-corrected chi connectivity index (χ1v) is 2.37. The molecule has 0 aromatic rings. The number of rotatable bonds is 1. The Morgan fingerprint density at radius 2 is 2.50 bits per heavy atom. The number of hydrogen-bond donors (Lipinski definition) is 0. The van der Waals surface area contributed by atoms with Crippen molar-refractivity contribution < 1.29 is 4.79 Å². The number of allylic oxidation sites excluding steroid dienone is 1. The van der Waals surface area contributed by atoms with Crippen molar-refractivity contribution in [1.29, 1.82) is 0 Å². The van der Waals surface area contributed by atoms with Crippen molar-refractivity contribution in [2.75, 3.05) is 0 Å². The molecule has 0 atom stereocenters. The van der Waals surface area contributed by atoms with Crippen LogP contribution in [0, 0.1) is 11.8 Å². The van der Waals surface area contributed by atoms with E-state index in [0.717, 1.165) is 0 Å². The smallest absolute Gasteiger partial charge is 0.202 e. The maximum Gasteiger partial charge on any atom is 0.202 e. The minimum absolute atomic E-state index is 0.0909. The minimum atomic E-state index is -0.0909. The van der Waals surface area contributed by atoms with Gasteiger partial charge >= 0.3 is 0 Å². The molecule has 0 fully saturated rings. The lowest BCUT2D eigenvalue weighted by atomic mass is 10.4. The number of carbonyl (C=O) groups is 1. The zero-order valence-corrected chi connectivity index (χ0v) is 4.90. The summed E-state index contributed by atoms with van der Waals surface area (Å²) in [5.41, 5.74) is 0. The lowest BCUT2D eigenvalue weighted by Crippen LogP contribution is -1.78. The lowest BCUT2D eigenvalue weighted by molar-refractivity contribution is -0.111. The molecule has 0 unspecified atom stereocenters. The third-order valence-electron chi connectivity index (χ3n) is 0.511. The van der Waals surface area contributed by atoms with Crippen LogP contribution in [0.2, 0.25) is 0 Å². The molecule has 0 saturated carbocycles. The quantitative estimate of drug-likeness (QED) is 0.280. The van der Waals surface area contributed by atoms with Crippen LogP contribution in [0.3, 0.4) is 0 Å². The fraction of sp³-hybridized carbons (Fsp3) is 0.286. The fourth-order valence-electron chi connectivity index (χ4n) is 0.248. The van der Waals surface area contributed by atoms with E-state index >= 15 is 0 Å². The van der Waals surface area contributed by atoms with E-state index in [-0.39, 0.29) is 5.78 Å². The van der Waals surface area contributed by atoms with Crippen LogP contribution in [-0.2, 0) is 4.79 Å². The highest BCUT2D eigenvalue weighted by atomic mass is 16.1. The molecule has 0 rings (SSSR count). The summed E-state index contributed by atoms with van der Waals surface area (Å²) in [6, 6.07) is 0. The van der Waals surface area contributed by atoms with Crippen LogP contribution in [0.5, 0.6) is 0 Å². The van der Waals surface area contributed by atoms with Gasteiger partial charge in [-0.05, 0) is 5.92 Å². The van der Waals surface area contributed by atoms with Crippen LogP contribution in [0.25, 0.3) is 0 Å². The summed E-state index contributed by atoms with van der Waals surface area (Å²) in [5, 5.41) is 0. The third-order valence-corrected chi connectivity index (χ3v) is 0.511. The molecule has 0 saturated heterocycles. The van der Waals surface area contributed by atoms with Gasteiger partial charge in [0.1, 0.15) is 0 Å². The predicted molar refractivity (Wildman–Crippen MR) is 33.3 cm³/mol. The summed E-state index contributed by atoms with van der Waals surface area (Å²) in [5.74, 6) is 4.91. The molecular weight excluding hydrogens is 100 g/mol. The van der Waals surface area contributed by atoms with E-state index in [1.165, 1.54) is 6.92 Å². The summed E-state index contributed by atoms with van der Waals surface area (Å²) >= 11 is 0. The van der Waals surface area contributed by atoms with Gasteiger partial charge in [0, 0.05) is 13.3 Å². The Morgan fingerprint density at radius 1 is 1.88 bits per heavy atom. The van der Waals surface area contributed by atoms with E-state index < -0.39 is 0 Å². The van der Waals surface area contributed by atoms with E-state index in [0.29, 0.717) is 6.42 Å². The van der Waals surface area contributed by atoms with Crippen molar-refractivity contribution in [3.05, 3.63) is 12.7 Å². The van der Waals surface area contributed by atoms with E-state index in [4.69, 9.17) is 0 Å². The zero-order chi connectivity index (χ0) is 6.41. The average molecular weight is 108 g/mol. The largest absolute Gasteiger partial charge is 0.285 e. The number of carbonyl (C=O) groups excluding carboxylic acids is 1. The maximum atomic E-state index is 10.1. The van der Waals surface area contributed by atoms with Crippen LogP contribution >= 0.6 is 0 Å². The number of ketones is 1. The summed E-state index contributed by atoms with van der Waals surface area (Å²) in [7, 11) is 0. The first-order valence-electron chi connectivity index (χ1n) is 2.37. The third kappa shape index (κ3) is 4.97. The predicted octanol–water partition coefficient (Wildman–Crippen LogP) is 1.15. The average Bonchev–Trinajstić information content (AvgIpc) is 1.66. The van der Waals surface area contributed by atoms with Crippen molar-refractivity contribution in [2.24, 2.45) is 0 Å². The molecule has 0 spiro atoms. The van der Waals surface area contributed by atoms with Gasteiger partial charge in [0.2, 0.25) is 5.78 Å². The van der Waals surface area contributed by atoms with Crippen molar-refractivity contribution in [1.82, 2.24) is 0 Å². The molecule has 0 bridgehead atoms. The first-order chi connectivity index (χ1) is 3.77. The zero-order valence-electron chi connectivity index (χ0n) is 4.90. The lowest BCUT2D eigenvalue weighted by Gasteiger charge is -1.69. The number of Topliss-reactive ketones (excluding diaryl/α,β-unsaturated/α-hetero) is 1. The van der Waals surface area contributed by atoms with Crippen molar-refractivity contribution in [3.8, 4) is 11.8 Å². The van der Waals surface area contributed by atoms with Gasteiger partial charge in [-0.15, -0.1) is 6.58 Å². The fourth-order valence-corrected chi connectivity index (χ4v) is 0.248. The van der Waals surface area contributed by atoms with Crippen LogP contribution in [0.4, 0.5) is 0 Å². The molecular formula is C7H8O. The summed E-state index contributed by atoms with van der Waals surface area (Å²) in [4.78, 5) is 10.1. The monoisotopic (exact) mass is 108 g/mol. The highest BCUT2D eigenvalue weighted by molar-refractivity contribution is 5.93. The molecule has 0 amide bonds. The second kappa shape index (κ2) is 4.14. The molecule has 42 valence electrons. The number of hydrogen-bond acceptors (Lipinski definition) is 1. The molecule has 0 aromatic carbocycles. The van der Waals surface area contributed by atoms with Gasteiger partial charge in [0.25, 0.3) is 0 Å². The van der Waals surface area contributed by atoms with Crippen molar-refractivity contribution in [3.63, 3.8) is 0 Å². The van der Waals surface area contributed by atoms with Crippen LogP contribution in [0.15, 0.2) is 12.7 Å². The van der Waals surface area contributed by atoms with Crippen LogP contribution in [-0.4, -0.2) is 5.78 Å². The molecule has 8 heavy (non-hydrogen) atoms. The van der Waals surface area contributed by atoms with Crippen LogP contribution in [0.1, 0.15) is 13.3 Å². The van der Waals surface area contributed by atoms with E-state index in [2.05, 4.69) is 18.4 Å². The minimum Gasteiger partial charge on any atom is -0.285 e. The highest BCUT2D eigenvalue weighted by Gasteiger charge is 1.74. The SMILES string of the molecule is C=CCC#CC(C)=O. The van der Waals surface area contributed by atoms with E-state index in [1.54, 1.807) is 6.08 Å². The van der Waals surface area contributed by atoms with Gasteiger partial charge < -0.3 is 0 Å². The van der Waals surface area contributed by atoms with E-state index in [1.807, 2.05) is 0 Å². The maximum absolute atomic E-state index is 10.1. The molecule has 0 aliphatic rings. The first kappa shape index (κ1) is 6.97. The van der Waals surface area contributed by atoms with Gasteiger partial charge in [-0.1, -0.05) is 12.0 Å². The molecule has 0 heterocycles. The Balaban J connectivity index is 3.50. The van der Waals surface area contributed by atoms with Crippen molar-refractivity contribution >= 4 is 5.78 Å². The van der Waals surface area contributed by atoms with Gasteiger partial charge in [0.15, 0.2) is 0 Å². The Kier molecular flexibility index (Phi) is 3.60. The van der Waals surface area contributed by atoms with Gasteiger partial charge in [-0.2, -0.15) is 0 Å². The molecule has 1 heteroatoms. The normalized spacial score (nSPS) is 6.62. The molecule has 1 nitrogen and oxygen atoms in total.